The van der Waals surface area contributed by atoms with Gasteiger partial charge >= 0.3 is 17.9 Å². The average Bonchev–Trinajstić information content (AvgIpc) is 3.39. The Morgan fingerprint density at radius 1 is 0.288 bits per heavy atom. The SMILES string of the molecule is CC/C=C\C/C=C\C/C=C\C/C=C\CCCCCCCCC(=O)OCC(COC(=O)CCCCCCCCCCCCCCCCCCCC)OC(=O)CCCCCCCCC/C=C\C/C=C\CCCCCC. The fraction of sp³-hybridized carbons (Fsp3) is 0.776. The number of ether oxygens (including phenoxy) is 3. The molecule has 422 valence electrons. The van der Waals surface area contributed by atoms with Gasteiger partial charge in [0.05, 0.1) is 0 Å². The van der Waals surface area contributed by atoms with Crippen LogP contribution in [0.25, 0.3) is 0 Å². The minimum absolute atomic E-state index is 0.0805. The molecule has 0 aromatic carbocycles. The maximum atomic E-state index is 12.9. The third-order valence-electron chi connectivity index (χ3n) is 13.7. The van der Waals surface area contributed by atoms with Crippen LogP contribution in [0.2, 0.25) is 0 Å². The highest BCUT2D eigenvalue weighted by Gasteiger charge is 2.19. The van der Waals surface area contributed by atoms with Crippen LogP contribution < -0.4 is 0 Å². The fourth-order valence-corrected chi connectivity index (χ4v) is 9.00. The quantitative estimate of drug-likeness (QED) is 0.0261. The second-order valence-electron chi connectivity index (χ2n) is 20.9. The Hall–Kier alpha value is -3.15. The first kappa shape index (κ1) is 69.8. The molecule has 0 spiro atoms. The van der Waals surface area contributed by atoms with Gasteiger partial charge in [-0.25, -0.2) is 0 Å². The van der Waals surface area contributed by atoms with Gasteiger partial charge in [0.15, 0.2) is 6.10 Å². The molecular formula is C67H118O6. The molecular weight excluding hydrogens is 901 g/mol. The van der Waals surface area contributed by atoms with Crippen LogP contribution in [0.5, 0.6) is 0 Å². The van der Waals surface area contributed by atoms with E-state index in [-0.39, 0.29) is 31.1 Å². The van der Waals surface area contributed by atoms with Gasteiger partial charge in [0.1, 0.15) is 13.2 Å². The summed E-state index contributed by atoms with van der Waals surface area (Å²) in [4.78, 5) is 38.3. The van der Waals surface area contributed by atoms with Crippen LogP contribution in [-0.4, -0.2) is 37.2 Å². The third-order valence-corrected chi connectivity index (χ3v) is 13.7. The molecule has 1 atom stereocenters. The highest BCUT2D eigenvalue weighted by Crippen LogP contribution is 2.17. The van der Waals surface area contributed by atoms with Crippen LogP contribution in [0.4, 0.5) is 0 Å². The molecule has 6 nitrogen and oxygen atoms in total. The van der Waals surface area contributed by atoms with Crippen molar-refractivity contribution in [2.75, 3.05) is 13.2 Å². The van der Waals surface area contributed by atoms with E-state index in [2.05, 4.69) is 93.7 Å². The van der Waals surface area contributed by atoms with E-state index in [4.69, 9.17) is 14.2 Å². The van der Waals surface area contributed by atoms with Crippen molar-refractivity contribution in [3.63, 3.8) is 0 Å². The predicted molar refractivity (Wildman–Crippen MR) is 316 cm³/mol. The lowest BCUT2D eigenvalue weighted by Gasteiger charge is -2.18. The standard InChI is InChI=1S/C67H118O6/c1-4-7-10-13-16-19-22-25-28-31-34-37-39-42-45-48-51-54-57-60-66(69)72-63-64(73-67(70)61-58-55-52-49-46-43-40-36-33-30-27-24-21-18-15-12-9-6-3)62-71-65(68)59-56-53-50-47-44-41-38-35-32-29-26-23-20-17-14-11-8-5-2/h7,10,16,19,21,24-25,28,30,33-34,37,64H,4-6,8-9,11-15,17-18,20,22-23,26-27,29,31-32,35-36,38-63H2,1-3H3/b10-7-,19-16-,24-21-,28-25-,33-30-,37-34-. The van der Waals surface area contributed by atoms with Crippen LogP contribution in [0.15, 0.2) is 72.9 Å². The van der Waals surface area contributed by atoms with E-state index in [1.807, 2.05) is 0 Å². The molecule has 0 aliphatic heterocycles. The summed E-state index contributed by atoms with van der Waals surface area (Å²) in [6.45, 7) is 6.53. The van der Waals surface area contributed by atoms with Crippen molar-refractivity contribution in [2.24, 2.45) is 0 Å². The second kappa shape index (κ2) is 61.4. The summed E-state index contributed by atoms with van der Waals surface area (Å²) < 4.78 is 16.9. The summed E-state index contributed by atoms with van der Waals surface area (Å²) in [6, 6.07) is 0. The van der Waals surface area contributed by atoms with E-state index in [9.17, 15) is 14.4 Å². The Morgan fingerprint density at radius 2 is 0.534 bits per heavy atom. The normalized spacial score (nSPS) is 12.5. The van der Waals surface area contributed by atoms with Crippen LogP contribution in [0, 0.1) is 0 Å². The van der Waals surface area contributed by atoms with Crippen molar-refractivity contribution >= 4 is 17.9 Å². The number of rotatable bonds is 57. The zero-order valence-corrected chi connectivity index (χ0v) is 48.4. The Kier molecular flexibility index (Phi) is 58.7. The first-order valence-corrected chi connectivity index (χ1v) is 31.4. The zero-order valence-electron chi connectivity index (χ0n) is 48.4. The second-order valence-corrected chi connectivity index (χ2v) is 20.9. The van der Waals surface area contributed by atoms with Gasteiger partial charge in [-0.05, 0) is 89.9 Å². The topological polar surface area (TPSA) is 78.9 Å². The molecule has 0 radical (unpaired) electrons. The summed E-state index contributed by atoms with van der Waals surface area (Å²) in [5.41, 5.74) is 0. The van der Waals surface area contributed by atoms with E-state index in [1.54, 1.807) is 0 Å². The van der Waals surface area contributed by atoms with E-state index in [1.165, 1.54) is 173 Å². The number of hydrogen-bond donors (Lipinski definition) is 0. The van der Waals surface area contributed by atoms with Crippen LogP contribution in [0.3, 0.4) is 0 Å². The van der Waals surface area contributed by atoms with Gasteiger partial charge in [0.2, 0.25) is 0 Å². The summed E-state index contributed by atoms with van der Waals surface area (Å²) in [5, 5.41) is 0. The van der Waals surface area contributed by atoms with Crippen LogP contribution >= 0.6 is 0 Å². The molecule has 73 heavy (non-hydrogen) atoms. The summed E-state index contributed by atoms with van der Waals surface area (Å²) in [7, 11) is 0. The van der Waals surface area contributed by atoms with Gasteiger partial charge in [-0.2, -0.15) is 0 Å². The Bertz CT molecular complexity index is 1360. The molecule has 0 heterocycles. The van der Waals surface area contributed by atoms with E-state index >= 15 is 0 Å². The number of esters is 3. The Balaban J connectivity index is 4.40. The molecule has 0 aromatic rings. The van der Waals surface area contributed by atoms with E-state index in [0.29, 0.717) is 19.3 Å². The molecule has 0 aromatic heterocycles. The molecule has 0 bridgehead atoms. The van der Waals surface area contributed by atoms with Crippen molar-refractivity contribution in [3.8, 4) is 0 Å². The van der Waals surface area contributed by atoms with E-state index < -0.39 is 6.10 Å². The molecule has 0 N–H and O–H groups in total. The van der Waals surface area contributed by atoms with Gasteiger partial charge in [-0.3, -0.25) is 14.4 Å². The molecule has 0 aliphatic rings. The first-order valence-electron chi connectivity index (χ1n) is 31.4. The van der Waals surface area contributed by atoms with Crippen LogP contribution in [-0.2, 0) is 28.6 Å². The average molecular weight is 1020 g/mol. The zero-order chi connectivity index (χ0) is 52.9. The molecule has 0 fully saturated rings. The predicted octanol–water partition coefficient (Wildman–Crippen LogP) is 21.3. The lowest BCUT2D eigenvalue weighted by molar-refractivity contribution is -0.167. The van der Waals surface area contributed by atoms with Crippen molar-refractivity contribution in [3.05, 3.63) is 72.9 Å². The maximum Gasteiger partial charge on any atom is 0.306 e. The van der Waals surface area contributed by atoms with Crippen molar-refractivity contribution in [1.29, 1.82) is 0 Å². The summed E-state index contributed by atoms with van der Waals surface area (Å²) >= 11 is 0. The third kappa shape index (κ3) is 59.6. The molecule has 1 unspecified atom stereocenters. The molecule has 0 aliphatic carbocycles. The highest BCUT2D eigenvalue weighted by atomic mass is 16.6. The first-order chi connectivity index (χ1) is 36.0. The monoisotopic (exact) mass is 1020 g/mol. The minimum Gasteiger partial charge on any atom is -0.462 e. The number of allylic oxidation sites excluding steroid dienone is 12. The van der Waals surface area contributed by atoms with Gasteiger partial charge in [0, 0.05) is 19.3 Å². The molecule has 0 saturated heterocycles. The maximum absolute atomic E-state index is 12.9. The van der Waals surface area contributed by atoms with Crippen molar-refractivity contribution in [2.45, 2.75) is 322 Å². The lowest BCUT2D eigenvalue weighted by atomic mass is 10.0. The summed E-state index contributed by atoms with van der Waals surface area (Å²) in [5.74, 6) is -0.887. The Morgan fingerprint density at radius 3 is 0.849 bits per heavy atom. The molecule has 0 rings (SSSR count). The minimum atomic E-state index is -0.786. The molecule has 0 saturated carbocycles. The van der Waals surface area contributed by atoms with Crippen molar-refractivity contribution in [1.82, 2.24) is 0 Å². The van der Waals surface area contributed by atoms with E-state index in [0.717, 1.165) is 103 Å². The van der Waals surface area contributed by atoms with Gasteiger partial charge < -0.3 is 14.2 Å². The summed E-state index contributed by atoms with van der Waals surface area (Å²) in [6.07, 6.45) is 78.9. The Labute approximate surface area is 453 Å². The van der Waals surface area contributed by atoms with Gasteiger partial charge in [-0.1, -0.05) is 280 Å². The van der Waals surface area contributed by atoms with Gasteiger partial charge in [0.25, 0.3) is 0 Å². The number of hydrogen-bond acceptors (Lipinski definition) is 6. The van der Waals surface area contributed by atoms with Crippen molar-refractivity contribution < 1.29 is 28.6 Å². The van der Waals surface area contributed by atoms with Crippen LogP contribution in [0.1, 0.15) is 316 Å². The molecule has 0 amide bonds. The smallest absolute Gasteiger partial charge is 0.306 e. The number of carbonyl (C=O) groups excluding carboxylic acids is 3. The number of unbranched alkanes of at least 4 members (excludes halogenated alkanes) is 34. The number of carbonyl (C=O) groups is 3. The molecule has 6 heteroatoms. The lowest BCUT2D eigenvalue weighted by Crippen LogP contribution is -2.30. The fourth-order valence-electron chi connectivity index (χ4n) is 9.00. The largest absolute Gasteiger partial charge is 0.462 e. The van der Waals surface area contributed by atoms with Gasteiger partial charge in [-0.15, -0.1) is 0 Å². The highest BCUT2D eigenvalue weighted by molar-refractivity contribution is 5.71.